The largest absolute Gasteiger partial charge is 0.352 e. The van der Waals surface area contributed by atoms with E-state index in [0.717, 1.165) is 28.7 Å². The van der Waals surface area contributed by atoms with Crippen LogP contribution in [-0.2, 0) is 22.6 Å². The molecule has 0 aliphatic heterocycles. The molecule has 0 aliphatic carbocycles. The lowest BCUT2D eigenvalue weighted by Crippen LogP contribution is -2.49. The normalized spacial score (nSPS) is 12.9. The summed E-state index contributed by atoms with van der Waals surface area (Å²) in [5, 5.41) is 2.95. The van der Waals surface area contributed by atoms with E-state index in [1.54, 1.807) is 24.0 Å². The number of hydrogen-bond donors (Lipinski definition) is 1. The topological polar surface area (TPSA) is 49.4 Å². The molecule has 2 atom stereocenters. The molecule has 2 aromatic rings. The maximum atomic E-state index is 13.3. The molecule has 0 saturated heterocycles. The molecule has 2 rings (SSSR count). The average molecular weight is 399 g/mol. The van der Waals surface area contributed by atoms with Gasteiger partial charge in [-0.15, -0.1) is 0 Å². The van der Waals surface area contributed by atoms with Gasteiger partial charge in [-0.05, 0) is 62.9 Å². The Hall–Kier alpha value is -2.69. The van der Waals surface area contributed by atoms with Crippen molar-refractivity contribution >= 4 is 11.8 Å². The van der Waals surface area contributed by atoms with Crippen molar-refractivity contribution in [2.24, 2.45) is 0 Å². The second-order valence-corrected chi connectivity index (χ2v) is 7.75. The molecular formula is C24H31FN2O2. The van der Waals surface area contributed by atoms with Crippen LogP contribution in [0.5, 0.6) is 0 Å². The predicted octanol–water partition coefficient (Wildman–Crippen LogP) is 4.32. The number of aryl methyl sites for hydroxylation is 2. The van der Waals surface area contributed by atoms with Crippen LogP contribution in [-0.4, -0.2) is 28.8 Å². The first kappa shape index (κ1) is 22.6. The summed E-state index contributed by atoms with van der Waals surface area (Å²) < 4.78 is 13.3. The summed E-state index contributed by atoms with van der Waals surface area (Å²) >= 11 is 0. The van der Waals surface area contributed by atoms with E-state index in [-0.39, 0.29) is 36.6 Å². The summed E-state index contributed by atoms with van der Waals surface area (Å²) in [6.07, 6.45) is 1.03. The molecule has 0 heterocycles. The van der Waals surface area contributed by atoms with Gasteiger partial charge >= 0.3 is 0 Å². The van der Waals surface area contributed by atoms with E-state index in [4.69, 9.17) is 0 Å². The predicted molar refractivity (Wildman–Crippen MR) is 114 cm³/mol. The van der Waals surface area contributed by atoms with E-state index in [2.05, 4.69) is 5.32 Å². The molecule has 0 saturated carbocycles. The second kappa shape index (κ2) is 10.2. The van der Waals surface area contributed by atoms with Crippen LogP contribution in [0.1, 0.15) is 49.4 Å². The van der Waals surface area contributed by atoms with E-state index in [9.17, 15) is 14.0 Å². The van der Waals surface area contributed by atoms with Crippen LogP contribution >= 0.6 is 0 Å². The van der Waals surface area contributed by atoms with Gasteiger partial charge in [-0.25, -0.2) is 4.39 Å². The first-order chi connectivity index (χ1) is 13.7. The molecule has 5 heteroatoms. The highest BCUT2D eigenvalue weighted by Gasteiger charge is 2.27. The van der Waals surface area contributed by atoms with Crippen molar-refractivity contribution in [2.75, 3.05) is 0 Å². The van der Waals surface area contributed by atoms with Gasteiger partial charge in [0.15, 0.2) is 0 Å². The number of nitrogens with one attached hydrogen (secondary N) is 1. The Labute approximate surface area is 173 Å². The zero-order valence-electron chi connectivity index (χ0n) is 18.0. The van der Waals surface area contributed by atoms with E-state index in [1.165, 1.54) is 12.1 Å². The molecule has 0 aliphatic rings. The minimum Gasteiger partial charge on any atom is -0.352 e. The van der Waals surface area contributed by atoms with Crippen LogP contribution in [0.4, 0.5) is 4.39 Å². The van der Waals surface area contributed by atoms with Gasteiger partial charge in [-0.3, -0.25) is 9.59 Å². The lowest BCUT2D eigenvalue weighted by atomic mass is 10.0. The Balaban J connectivity index is 2.26. The van der Waals surface area contributed by atoms with Crippen LogP contribution in [0.15, 0.2) is 42.5 Å². The number of carbonyl (C=O) groups excluding carboxylic acids is 2. The minimum atomic E-state index is -0.633. The quantitative estimate of drug-likeness (QED) is 0.720. The van der Waals surface area contributed by atoms with Crippen molar-refractivity contribution in [2.45, 2.75) is 66.1 Å². The molecule has 2 unspecified atom stereocenters. The van der Waals surface area contributed by atoms with Gasteiger partial charge in [-0.1, -0.05) is 42.8 Å². The zero-order valence-corrected chi connectivity index (χ0v) is 18.0. The third kappa shape index (κ3) is 6.41. The number of hydrogen-bond acceptors (Lipinski definition) is 2. The Bertz CT molecular complexity index is 848. The monoisotopic (exact) mass is 398 g/mol. The van der Waals surface area contributed by atoms with Crippen LogP contribution in [0.3, 0.4) is 0 Å². The van der Waals surface area contributed by atoms with Crippen molar-refractivity contribution < 1.29 is 14.0 Å². The van der Waals surface area contributed by atoms with E-state index < -0.39 is 6.04 Å². The standard InChI is InChI=1S/C24H31FN2O2/c1-6-18(4)26-24(29)19(5)27(15-20-9-11-22(25)12-10-20)23(28)14-21-13-16(2)7-8-17(21)3/h7-13,18-19H,6,14-15H2,1-5H3,(H,26,29). The fourth-order valence-electron chi connectivity index (χ4n) is 3.09. The molecule has 1 N–H and O–H groups in total. The number of amides is 2. The first-order valence-corrected chi connectivity index (χ1v) is 10.1. The molecular weight excluding hydrogens is 367 g/mol. The Morgan fingerprint density at radius 1 is 1.07 bits per heavy atom. The van der Waals surface area contributed by atoms with Crippen molar-refractivity contribution in [3.8, 4) is 0 Å². The summed E-state index contributed by atoms with van der Waals surface area (Å²) in [5.74, 6) is -0.643. The number of carbonyl (C=O) groups is 2. The highest BCUT2D eigenvalue weighted by atomic mass is 19.1. The third-order valence-corrected chi connectivity index (χ3v) is 5.28. The number of benzene rings is 2. The number of rotatable bonds is 8. The van der Waals surface area contributed by atoms with Crippen LogP contribution in [0.25, 0.3) is 0 Å². The summed E-state index contributed by atoms with van der Waals surface area (Å²) in [4.78, 5) is 27.5. The molecule has 0 spiro atoms. The van der Waals surface area contributed by atoms with Crippen molar-refractivity contribution in [3.05, 3.63) is 70.5 Å². The molecule has 0 fully saturated rings. The summed E-state index contributed by atoms with van der Waals surface area (Å²) in [5.41, 5.74) is 3.87. The van der Waals surface area contributed by atoms with Gasteiger partial charge in [0.2, 0.25) is 11.8 Å². The van der Waals surface area contributed by atoms with Gasteiger partial charge in [-0.2, -0.15) is 0 Å². The Kier molecular flexibility index (Phi) is 7.94. The van der Waals surface area contributed by atoms with Crippen molar-refractivity contribution in [1.29, 1.82) is 0 Å². The average Bonchev–Trinajstić information content (AvgIpc) is 2.69. The minimum absolute atomic E-state index is 0.0340. The molecule has 0 aromatic heterocycles. The SMILES string of the molecule is CCC(C)NC(=O)C(C)N(Cc1ccc(F)cc1)C(=O)Cc1cc(C)ccc1C. The van der Waals surface area contributed by atoms with Crippen LogP contribution in [0, 0.1) is 19.7 Å². The summed E-state index contributed by atoms with van der Waals surface area (Å²) in [6.45, 7) is 9.89. The molecule has 0 bridgehead atoms. The van der Waals surface area contributed by atoms with Gasteiger partial charge in [0.05, 0.1) is 6.42 Å². The molecule has 2 amide bonds. The van der Waals surface area contributed by atoms with Gasteiger partial charge in [0.1, 0.15) is 11.9 Å². The maximum Gasteiger partial charge on any atom is 0.242 e. The molecule has 156 valence electrons. The van der Waals surface area contributed by atoms with Crippen molar-refractivity contribution in [1.82, 2.24) is 10.2 Å². The second-order valence-electron chi connectivity index (χ2n) is 7.75. The van der Waals surface area contributed by atoms with Crippen molar-refractivity contribution in [3.63, 3.8) is 0 Å². The first-order valence-electron chi connectivity index (χ1n) is 10.1. The fraction of sp³-hybridized carbons (Fsp3) is 0.417. The smallest absolute Gasteiger partial charge is 0.242 e. The van der Waals surface area contributed by atoms with Crippen LogP contribution in [0.2, 0.25) is 0 Å². The summed E-state index contributed by atoms with van der Waals surface area (Å²) in [7, 11) is 0. The zero-order chi connectivity index (χ0) is 21.6. The summed E-state index contributed by atoms with van der Waals surface area (Å²) in [6, 6.07) is 11.5. The third-order valence-electron chi connectivity index (χ3n) is 5.28. The van der Waals surface area contributed by atoms with E-state index in [0.29, 0.717) is 0 Å². The number of nitrogens with zero attached hydrogens (tertiary/aromatic N) is 1. The number of halogens is 1. The molecule has 0 radical (unpaired) electrons. The molecule has 4 nitrogen and oxygen atoms in total. The highest BCUT2D eigenvalue weighted by molar-refractivity contribution is 5.88. The van der Waals surface area contributed by atoms with Gasteiger partial charge in [0.25, 0.3) is 0 Å². The highest BCUT2D eigenvalue weighted by Crippen LogP contribution is 2.16. The van der Waals surface area contributed by atoms with E-state index in [1.807, 2.05) is 45.9 Å². The lowest BCUT2D eigenvalue weighted by Gasteiger charge is -2.30. The fourth-order valence-corrected chi connectivity index (χ4v) is 3.09. The maximum absolute atomic E-state index is 13.3. The van der Waals surface area contributed by atoms with Gasteiger partial charge in [0, 0.05) is 12.6 Å². The molecule has 2 aromatic carbocycles. The Morgan fingerprint density at radius 3 is 2.34 bits per heavy atom. The molecule has 29 heavy (non-hydrogen) atoms. The van der Waals surface area contributed by atoms with E-state index >= 15 is 0 Å². The van der Waals surface area contributed by atoms with Crippen LogP contribution < -0.4 is 5.32 Å². The Morgan fingerprint density at radius 2 is 1.72 bits per heavy atom. The van der Waals surface area contributed by atoms with Gasteiger partial charge < -0.3 is 10.2 Å². The lowest BCUT2D eigenvalue weighted by molar-refractivity contribution is -0.140.